The molecular formula is C25H22FN7O2S2. The minimum absolute atomic E-state index is 0.0802. The molecule has 0 unspecified atom stereocenters. The van der Waals surface area contributed by atoms with Crippen LogP contribution in [0, 0.1) is 35.4 Å². The second kappa shape index (κ2) is 9.63. The lowest BCUT2D eigenvalue weighted by Crippen LogP contribution is -2.38. The molecule has 0 amide bonds. The lowest BCUT2D eigenvalue weighted by atomic mass is 10.1. The molecule has 1 aromatic carbocycles. The molecule has 0 saturated carbocycles. The first-order chi connectivity index (χ1) is 17.7. The third kappa shape index (κ3) is 4.71. The van der Waals surface area contributed by atoms with Crippen molar-refractivity contribution in [2.45, 2.75) is 35.6 Å². The number of nitriles is 2. The topological polar surface area (TPSA) is 120 Å². The van der Waals surface area contributed by atoms with Crippen LogP contribution in [-0.4, -0.2) is 51.5 Å². The van der Waals surface area contributed by atoms with E-state index < -0.39 is 15.8 Å². The van der Waals surface area contributed by atoms with Crippen LogP contribution >= 0.6 is 11.8 Å². The number of benzene rings is 1. The number of hydrogen-bond acceptors (Lipinski definition) is 7. The molecule has 188 valence electrons. The molecule has 0 N–H and O–H groups in total. The number of nitrogens with zero attached hydrogens (tertiary/aromatic N) is 7. The molecule has 0 aliphatic carbocycles. The predicted molar refractivity (Wildman–Crippen MR) is 136 cm³/mol. The van der Waals surface area contributed by atoms with E-state index in [2.05, 4.69) is 16.3 Å². The zero-order valence-corrected chi connectivity index (χ0v) is 21.7. The van der Waals surface area contributed by atoms with Gasteiger partial charge < -0.3 is 0 Å². The van der Waals surface area contributed by atoms with Gasteiger partial charge in [0.15, 0.2) is 0 Å². The van der Waals surface area contributed by atoms with E-state index in [1.165, 1.54) is 40.7 Å². The minimum atomic E-state index is -3.21. The Labute approximate surface area is 217 Å². The van der Waals surface area contributed by atoms with Crippen molar-refractivity contribution in [1.82, 2.24) is 23.7 Å². The Hall–Kier alpha value is -3.71. The lowest BCUT2D eigenvalue weighted by Gasteiger charge is -2.31. The summed E-state index contributed by atoms with van der Waals surface area (Å²) in [4.78, 5) is 1.27. The molecule has 0 radical (unpaired) electrons. The van der Waals surface area contributed by atoms with Crippen LogP contribution in [0.3, 0.4) is 0 Å². The Morgan fingerprint density at radius 1 is 1.05 bits per heavy atom. The van der Waals surface area contributed by atoms with Crippen molar-refractivity contribution in [2.75, 3.05) is 19.3 Å². The lowest BCUT2D eigenvalue weighted by molar-refractivity contribution is 0.260. The molecule has 37 heavy (non-hydrogen) atoms. The number of hydrogen-bond donors (Lipinski definition) is 0. The Kier molecular flexibility index (Phi) is 6.50. The van der Waals surface area contributed by atoms with Crippen molar-refractivity contribution in [2.24, 2.45) is 0 Å². The van der Waals surface area contributed by atoms with Crippen LogP contribution in [0.2, 0.25) is 0 Å². The second-order valence-corrected chi connectivity index (χ2v) is 12.0. The SMILES string of the molecule is Cc1c(-c2cc(Sc3ccc(F)cc3C#N)c3c(C#N)cnn3c2)cnn1C1CCN(S(C)(=O)=O)CC1. The Balaban J connectivity index is 1.53. The third-order valence-electron chi connectivity index (χ3n) is 6.57. The van der Waals surface area contributed by atoms with E-state index in [0.717, 1.165) is 16.8 Å². The van der Waals surface area contributed by atoms with E-state index >= 15 is 0 Å². The fourth-order valence-electron chi connectivity index (χ4n) is 4.68. The van der Waals surface area contributed by atoms with Crippen molar-refractivity contribution in [3.05, 3.63) is 65.5 Å². The standard InChI is InChI=1S/C25H22FN7O2S2/c1-16-22(14-30-33(16)21-5-7-31(8-6-21)37(2,34)35)18-10-24(25-19(12-28)13-29-32(25)15-18)36-23-4-3-20(26)9-17(23)11-27/h3-4,9-10,13-15,21H,5-8H2,1-2H3. The predicted octanol–water partition coefficient (Wildman–Crippen LogP) is 4.14. The number of pyridine rings is 1. The van der Waals surface area contributed by atoms with Gasteiger partial charge in [-0.1, -0.05) is 11.8 Å². The van der Waals surface area contributed by atoms with Crippen LogP contribution in [-0.2, 0) is 10.0 Å². The molecule has 0 bridgehead atoms. The minimum Gasteiger partial charge on any atom is -0.266 e. The fourth-order valence-corrected chi connectivity index (χ4v) is 6.63. The first-order valence-electron chi connectivity index (χ1n) is 11.5. The van der Waals surface area contributed by atoms with Crippen LogP contribution in [0.5, 0.6) is 0 Å². The van der Waals surface area contributed by atoms with Gasteiger partial charge in [-0.3, -0.25) is 4.68 Å². The van der Waals surface area contributed by atoms with Gasteiger partial charge in [-0.05, 0) is 44.0 Å². The molecule has 1 aliphatic rings. The molecule has 3 aromatic heterocycles. The zero-order chi connectivity index (χ0) is 26.3. The Morgan fingerprint density at radius 3 is 2.46 bits per heavy atom. The van der Waals surface area contributed by atoms with Crippen molar-refractivity contribution >= 4 is 27.3 Å². The van der Waals surface area contributed by atoms with Gasteiger partial charge in [0.1, 0.15) is 18.0 Å². The maximum Gasteiger partial charge on any atom is 0.211 e. The highest BCUT2D eigenvalue weighted by atomic mass is 32.2. The summed E-state index contributed by atoms with van der Waals surface area (Å²) in [7, 11) is -3.21. The molecule has 0 atom stereocenters. The fraction of sp³-hybridized carbons (Fsp3) is 0.280. The average Bonchev–Trinajstić information content (AvgIpc) is 3.47. The molecular weight excluding hydrogens is 513 g/mol. The van der Waals surface area contributed by atoms with Crippen LogP contribution < -0.4 is 0 Å². The van der Waals surface area contributed by atoms with Gasteiger partial charge in [0.2, 0.25) is 10.0 Å². The van der Waals surface area contributed by atoms with Gasteiger partial charge in [-0.2, -0.15) is 20.7 Å². The van der Waals surface area contributed by atoms with E-state index in [-0.39, 0.29) is 11.6 Å². The zero-order valence-electron chi connectivity index (χ0n) is 20.1. The number of sulfonamides is 1. The van der Waals surface area contributed by atoms with Gasteiger partial charge >= 0.3 is 0 Å². The second-order valence-electron chi connectivity index (χ2n) is 8.89. The molecule has 1 saturated heterocycles. The van der Waals surface area contributed by atoms with E-state index in [1.807, 2.05) is 29.9 Å². The van der Waals surface area contributed by atoms with Gasteiger partial charge in [-0.25, -0.2) is 21.6 Å². The maximum absolute atomic E-state index is 13.7. The molecule has 1 aliphatic heterocycles. The summed E-state index contributed by atoms with van der Waals surface area (Å²) in [5.41, 5.74) is 3.82. The summed E-state index contributed by atoms with van der Waals surface area (Å²) in [6.07, 6.45) is 7.67. The monoisotopic (exact) mass is 535 g/mol. The smallest absolute Gasteiger partial charge is 0.211 e. The Morgan fingerprint density at radius 2 is 1.78 bits per heavy atom. The number of piperidine rings is 1. The summed E-state index contributed by atoms with van der Waals surface area (Å²) in [5.74, 6) is -0.493. The van der Waals surface area contributed by atoms with Crippen LogP contribution in [0.15, 0.2) is 52.6 Å². The van der Waals surface area contributed by atoms with Gasteiger partial charge in [0, 0.05) is 45.9 Å². The average molecular weight is 536 g/mol. The molecule has 1 fully saturated rings. The summed E-state index contributed by atoms with van der Waals surface area (Å²) in [6.45, 7) is 2.88. The van der Waals surface area contributed by atoms with Crippen molar-refractivity contribution in [1.29, 1.82) is 10.5 Å². The van der Waals surface area contributed by atoms with Crippen LogP contribution in [0.4, 0.5) is 4.39 Å². The molecule has 4 aromatic rings. The highest BCUT2D eigenvalue weighted by Gasteiger charge is 2.28. The number of rotatable bonds is 5. The quantitative estimate of drug-likeness (QED) is 0.377. The Bertz CT molecular complexity index is 1710. The van der Waals surface area contributed by atoms with Crippen LogP contribution in [0.25, 0.3) is 16.6 Å². The van der Waals surface area contributed by atoms with E-state index in [1.54, 1.807) is 16.8 Å². The van der Waals surface area contributed by atoms with Crippen molar-refractivity contribution in [3.8, 4) is 23.3 Å². The largest absolute Gasteiger partial charge is 0.266 e. The first-order valence-corrected chi connectivity index (χ1v) is 14.1. The normalized spacial score (nSPS) is 15.1. The van der Waals surface area contributed by atoms with E-state index in [0.29, 0.717) is 46.8 Å². The summed E-state index contributed by atoms with van der Waals surface area (Å²) in [5, 5.41) is 28.1. The summed E-state index contributed by atoms with van der Waals surface area (Å²) in [6, 6.07) is 10.2. The number of aromatic nitrogens is 4. The summed E-state index contributed by atoms with van der Waals surface area (Å²) >= 11 is 1.27. The maximum atomic E-state index is 13.7. The van der Waals surface area contributed by atoms with Crippen molar-refractivity contribution < 1.29 is 12.8 Å². The summed E-state index contributed by atoms with van der Waals surface area (Å²) < 4.78 is 42.5. The molecule has 0 spiro atoms. The number of halogens is 1. The van der Waals surface area contributed by atoms with Gasteiger partial charge in [-0.15, -0.1) is 0 Å². The third-order valence-corrected chi connectivity index (χ3v) is 8.98. The molecule has 9 nitrogen and oxygen atoms in total. The highest BCUT2D eigenvalue weighted by Crippen LogP contribution is 2.38. The van der Waals surface area contributed by atoms with Crippen molar-refractivity contribution in [3.63, 3.8) is 0 Å². The molecule has 12 heteroatoms. The molecule has 5 rings (SSSR count). The van der Waals surface area contributed by atoms with Gasteiger partial charge in [0.05, 0.1) is 41.3 Å². The van der Waals surface area contributed by atoms with E-state index in [4.69, 9.17) is 0 Å². The molecule has 4 heterocycles. The number of fused-ring (bicyclic) bond motifs is 1. The first kappa shape index (κ1) is 25.0. The van der Waals surface area contributed by atoms with Gasteiger partial charge in [0.25, 0.3) is 0 Å². The van der Waals surface area contributed by atoms with Crippen LogP contribution in [0.1, 0.15) is 35.7 Å². The van der Waals surface area contributed by atoms with E-state index in [9.17, 15) is 23.3 Å². The highest BCUT2D eigenvalue weighted by molar-refractivity contribution is 7.99.